The second kappa shape index (κ2) is 12.3. The van der Waals surface area contributed by atoms with Gasteiger partial charge in [0.1, 0.15) is 5.82 Å². The third-order valence-electron chi connectivity index (χ3n) is 5.24. The van der Waals surface area contributed by atoms with Crippen LogP contribution in [-0.4, -0.2) is 53.0 Å². The predicted octanol–water partition coefficient (Wildman–Crippen LogP) is 5.67. The van der Waals surface area contributed by atoms with Crippen molar-refractivity contribution in [3.05, 3.63) is 55.7 Å². The number of hydrogen-bond donors (Lipinski definition) is 4. The number of likely N-dealkylation sites (tertiary alicyclic amines) is 1. The number of rotatable bonds is 9. The zero-order valence-electron chi connectivity index (χ0n) is 18.8. The maximum absolute atomic E-state index is 12.4. The zero-order chi connectivity index (χ0) is 24.6. The van der Waals surface area contributed by atoms with Crippen LogP contribution in [0.2, 0.25) is 0 Å². The Kier molecular flexibility index (Phi) is 8.94. The number of halogens is 2. The molecule has 0 aliphatic carbocycles. The van der Waals surface area contributed by atoms with Crippen molar-refractivity contribution in [2.45, 2.75) is 19.3 Å². The molecule has 0 atom stereocenters. The van der Waals surface area contributed by atoms with Crippen molar-refractivity contribution < 1.29 is 9.59 Å². The Balaban J connectivity index is 1.27. The molecule has 0 spiro atoms. The maximum Gasteiger partial charge on any atom is 0.321 e. The average Bonchev–Trinajstić information content (AvgIpc) is 3.53. The van der Waals surface area contributed by atoms with Crippen LogP contribution in [-0.2, 0) is 0 Å². The van der Waals surface area contributed by atoms with Crippen molar-refractivity contribution in [3.63, 3.8) is 0 Å². The molecule has 3 aromatic rings. The molecule has 1 saturated heterocycles. The van der Waals surface area contributed by atoms with Crippen LogP contribution in [0, 0.1) is 0 Å². The topological polar surface area (TPSA) is 111 Å². The number of hydrogen-bond acceptors (Lipinski definition) is 7. The second-order valence-corrected chi connectivity index (χ2v) is 11.2. The molecule has 184 valence electrons. The standard InChI is InChI=1S/C23H25Br2N7O2S/c24-17-14-28-22(29-15-5-3-6-16(13-15)30-23(34)32-11-1-2-12-32)31-20(17)26-9-4-10-27-21(33)18-7-8-19(25)35-18/h3,5-8,13-14H,1-2,4,9-12H2,(H,27,33)(H,30,34)(H2,26,28,29,31). The summed E-state index contributed by atoms with van der Waals surface area (Å²) in [5.41, 5.74) is 1.47. The first-order valence-corrected chi connectivity index (χ1v) is 13.6. The van der Waals surface area contributed by atoms with Gasteiger partial charge in [0.05, 0.1) is 13.1 Å². The Hall–Kier alpha value is -2.70. The SMILES string of the molecule is O=C(NCCCNc1nc(Nc2cccc(NC(=O)N3CCCC3)c2)ncc1Br)c1ccc(Br)s1. The smallest absolute Gasteiger partial charge is 0.321 e. The molecule has 3 amide bonds. The minimum Gasteiger partial charge on any atom is -0.369 e. The molecule has 3 heterocycles. The summed E-state index contributed by atoms with van der Waals surface area (Å²) in [4.78, 5) is 35.8. The van der Waals surface area contributed by atoms with Crippen LogP contribution in [0.3, 0.4) is 0 Å². The first-order valence-electron chi connectivity index (χ1n) is 11.2. The number of amides is 3. The van der Waals surface area contributed by atoms with Gasteiger partial charge in [0, 0.05) is 43.8 Å². The number of aromatic nitrogens is 2. The minimum atomic E-state index is -0.0783. The molecule has 1 aliphatic heterocycles. The third kappa shape index (κ3) is 7.39. The van der Waals surface area contributed by atoms with Gasteiger partial charge >= 0.3 is 6.03 Å². The number of carbonyl (C=O) groups is 2. The van der Waals surface area contributed by atoms with E-state index < -0.39 is 0 Å². The van der Waals surface area contributed by atoms with Gasteiger partial charge in [-0.3, -0.25) is 4.79 Å². The van der Waals surface area contributed by atoms with E-state index in [9.17, 15) is 9.59 Å². The van der Waals surface area contributed by atoms with E-state index in [0.29, 0.717) is 35.4 Å². The van der Waals surface area contributed by atoms with Gasteiger partial charge in [-0.2, -0.15) is 4.98 Å². The lowest BCUT2D eigenvalue weighted by molar-refractivity contribution is 0.0957. The molecule has 1 aromatic carbocycles. The molecule has 1 aliphatic rings. The van der Waals surface area contributed by atoms with Gasteiger partial charge < -0.3 is 26.2 Å². The molecule has 1 fully saturated rings. The Morgan fingerprint density at radius 1 is 1.06 bits per heavy atom. The lowest BCUT2D eigenvalue weighted by Gasteiger charge is -2.16. The van der Waals surface area contributed by atoms with Crippen molar-refractivity contribution in [1.29, 1.82) is 0 Å². The molecule has 4 N–H and O–H groups in total. The van der Waals surface area contributed by atoms with Crippen LogP contribution in [0.15, 0.2) is 50.9 Å². The predicted molar refractivity (Wildman–Crippen MR) is 147 cm³/mol. The summed E-state index contributed by atoms with van der Waals surface area (Å²) in [6.07, 6.45) is 4.51. The van der Waals surface area contributed by atoms with Gasteiger partial charge in [-0.15, -0.1) is 11.3 Å². The summed E-state index contributed by atoms with van der Waals surface area (Å²) in [6, 6.07) is 11.0. The molecule has 12 heteroatoms. The van der Waals surface area contributed by atoms with E-state index in [0.717, 1.165) is 46.3 Å². The molecule has 0 unspecified atom stereocenters. The highest BCUT2D eigenvalue weighted by Gasteiger charge is 2.17. The van der Waals surface area contributed by atoms with Crippen molar-refractivity contribution in [2.24, 2.45) is 0 Å². The van der Waals surface area contributed by atoms with Gasteiger partial charge in [0.15, 0.2) is 0 Å². The van der Waals surface area contributed by atoms with E-state index in [2.05, 4.69) is 63.1 Å². The van der Waals surface area contributed by atoms with E-state index in [1.807, 2.05) is 35.2 Å². The van der Waals surface area contributed by atoms with E-state index in [-0.39, 0.29) is 11.9 Å². The fourth-order valence-corrected chi connectivity index (χ4v) is 5.13. The number of benzene rings is 1. The van der Waals surface area contributed by atoms with Crippen LogP contribution >= 0.6 is 43.2 Å². The first kappa shape index (κ1) is 25.4. The number of carbonyl (C=O) groups excluding carboxylic acids is 2. The monoisotopic (exact) mass is 621 g/mol. The van der Waals surface area contributed by atoms with Crippen molar-refractivity contribution in [1.82, 2.24) is 20.2 Å². The van der Waals surface area contributed by atoms with Gasteiger partial charge in [-0.1, -0.05) is 6.07 Å². The summed E-state index contributed by atoms with van der Waals surface area (Å²) in [5.74, 6) is 0.999. The fraction of sp³-hybridized carbons (Fsp3) is 0.304. The van der Waals surface area contributed by atoms with Crippen LogP contribution in [0.5, 0.6) is 0 Å². The summed E-state index contributed by atoms with van der Waals surface area (Å²) >= 11 is 8.24. The van der Waals surface area contributed by atoms with Crippen LogP contribution in [0.4, 0.5) is 27.9 Å². The molecule has 0 saturated carbocycles. The Morgan fingerprint density at radius 3 is 2.63 bits per heavy atom. The van der Waals surface area contributed by atoms with Crippen molar-refractivity contribution in [3.8, 4) is 0 Å². The Bertz CT molecular complexity index is 1180. The van der Waals surface area contributed by atoms with E-state index in [4.69, 9.17) is 0 Å². The van der Waals surface area contributed by atoms with E-state index >= 15 is 0 Å². The number of nitrogens with one attached hydrogen (secondary N) is 4. The number of nitrogens with zero attached hydrogens (tertiary/aromatic N) is 3. The molecular formula is C23H25Br2N7O2S. The fourth-order valence-electron chi connectivity index (χ4n) is 3.50. The molecule has 0 bridgehead atoms. The summed E-state index contributed by atoms with van der Waals surface area (Å²) < 4.78 is 1.67. The van der Waals surface area contributed by atoms with Crippen LogP contribution in [0.1, 0.15) is 28.9 Å². The van der Waals surface area contributed by atoms with Crippen molar-refractivity contribution in [2.75, 3.05) is 42.1 Å². The second-order valence-electron chi connectivity index (χ2n) is 7.86. The van der Waals surface area contributed by atoms with Gasteiger partial charge in [-0.05, 0) is 81.5 Å². The number of anilines is 4. The quantitative estimate of drug-likeness (QED) is 0.229. The molecule has 2 aromatic heterocycles. The van der Waals surface area contributed by atoms with Gasteiger partial charge in [0.25, 0.3) is 5.91 Å². The van der Waals surface area contributed by atoms with Crippen molar-refractivity contribution >= 4 is 78.3 Å². The molecule has 0 radical (unpaired) electrons. The maximum atomic E-state index is 12.4. The lowest BCUT2D eigenvalue weighted by Crippen LogP contribution is -2.32. The molecule has 35 heavy (non-hydrogen) atoms. The number of thiophene rings is 1. The highest BCUT2D eigenvalue weighted by molar-refractivity contribution is 9.11. The zero-order valence-corrected chi connectivity index (χ0v) is 22.8. The van der Waals surface area contributed by atoms with Crippen LogP contribution in [0.25, 0.3) is 0 Å². The average molecular weight is 623 g/mol. The highest BCUT2D eigenvalue weighted by Crippen LogP contribution is 2.24. The summed E-state index contributed by atoms with van der Waals surface area (Å²) in [7, 11) is 0. The minimum absolute atomic E-state index is 0.0748. The first-order chi connectivity index (χ1) is 17.0. The highest BCUT2D eigenvalue weighted by atomic mass is 79.9. The number of urea groups is 1. The molecule has 9 nitrogen and oxygen atoms in total. The summed E-state index contributed by atoms with van der Waals surface area (Å²) in [5, 5.41) is 12.3. The van der Waals surface area contributed by atoms with Gasteiger partial charge in [-0.25, -0.2) is 9.78 Å². The Labute approximate surface area is 224 Å². The van der Waals surface area contributed by atoms with E-state index in [1.54, 1.807) is 12.3 Å². The molecule has 4 rings (SSSR count). The summed E-state index contributed by atoms with van der Waals surface area (Å²) in [6.45, 7) is 2.77. The lowest BCUT2D eigenvalue weighted by atomic mass is 10.3. The van der Waals surface area contributed by atoms with E-state index in [1.165, 1.54) is 11.3 Å². The van der Waals surface area contributed by atoms with Gasteiger partial charge in [0.2, 0.25) is 5.95 Å². The van der Waals surface area contributed by atoms with Crippen LogP contribution < -0.4 is 21.3 Å². The normalized spacial score (nSPS) is 12.9. The Morgan fingerprint density at radius 2 is 1.86 bits per heavy atom. The third-order valence-corrected chi connectivity index (χ3v) is 7.44. The largest absolute Gasteiger partial charge is 0.369 e. The molecular weight excluding hydrogens is 598 g/mol.